The summed E-state index contributed by atoms with van der Waals surface area (Å²) in [5.74, 6) is -0.203. The van der Waals surface area contributed by atoms with E-state index in [1.165, 1.54) is 34.2 Å². The van der Waals surface area contributed by atoms with Crippen LogP contribution in [0.3, 0.4) is 0 Å². The normalized spacial score (nSPS) is 15.7. The minimum atomic E-state index is -3.97. The quantitative estimate of drug-likeness (QED) is 0.786. The number of rotatable bonds is 4. The van der Waals surface area contributed by atoms with Gasteiger partial charge in [0, 0.05) is 11.1 Å². The number of halogens is 1. The van der Waals surface area contributed by atoms with Crippen LogP contribution in [0.25, 0.3) is 0 Å². The molecule has 1 amide bonds. The van der Waals surface area contributed by atoms with E-state index in [0.717, 1.165) is 19.6 Å². The highest BCUT2D eigenvalue weighted by molar-refractivity contribution is 7.89. The van der Waals surface area contributed by atoms with Gasteiger partial charge in [0.25, 0.3) is 5.91 Å². The zero-order valence-electron chi connectivity index (χ0n) is 15.1. The van der Waals surface area contributed by atoms with Crippen molar-refractivity contribution in [2.24, 2.45) is 5.14 Å². The van der Waals surface area contributed by atoms with E-state index in [0.29, 0.717) is 13.1 Å². The predicted molar refractivity (Wildman–Crippen MR) is 104 cm³/mol. The number of carbonyl (C=O) groups is 1. The standard InChI is InChI=1S/C19H22ClN3O3S/c1-14-3-2-4-15(11-14)13-22-7-9-23(10-8-22)19(24)16-5-6-17(20)18(12-16)27(21,25)26/h2-6,11-12H,7-10,13H2,1H3,(H2,21,25,26)/p+1. The molecule has 0 bridgehead atoms. The first-order valence-corrected chi connectivity index (χ1v) is 10.7. The average molecular weight is 409 g/mol. The van der Waals surface area contributed by atoms with E-state index in [9.17, 15) is 13.2 Å². The van der Waals surface area contributed by atoms with Gasteiger partial charge in [0.1, 0.15) is 11.4 Å². The van der Waals surface area contributed by atoms with Crippen LogP contribution in [-0.4, -0.2) is 45.4 Å². The number of amides is 1. The van der Waals surface area contributed by atoms with Crippen LogP contribution in [0.5, 0.6) is 0 Å². The van der Waals surface area contributed by atoms with Crippen molar-refractivity contribution in [2.75, 3.05) is 26.2 Å². The number of primary sulfonamides is 1. The van der Waals surface area contributed by atoms with Crippen LogP contribution in [0, 0.1) is 6.92 Å². The molecule has 1 aliphatic rings. The molecule has 6 nitrogen and oxygen atoms in total. The number of nitrogens with two attached hydrogens (primary N) is 1. The van der Waals surface area contributed by atoms with Crippen molar-refractivity contribution >= 4 is 27.5 Å². The average Bonchev–Trinajstić information content (AvgIpc) is 2.61. The third-order valence-electron chi connectivity index (χ3n) is 4.78. The fraction of sp³-hybridized carbons (Fsp3) is 0.316. The molecule has 0 saturated carbocycles. The van der Waals surface area contributed by atoms with Crippen LogP contribution in [0.1, 0.15) is 21.5 Å². The summed E-state index contributed by atoms with van der Waals surface area (Å²) in [6.07, 6.45) is 0. The van der Waals surface area contributed by atoms with Crippen molar-refractivity contribution in [1.82, 2.24) is 4.90 Å². The van der Waals surface area contributed by atoms with Crippen LogP contribution < -0.4 is 10.0 Å². The number of aryl methyl sites for hydroxylation is 1. The molecule has 144 valence electrons. The van der Waals surface area contributed by atoms with Gasteiger partial charge in [-0.2, -0.15) is 0 Å². The molecular formula is C19H23ClN3O3S+. The van der Waals surface area contributed by atoms with Crippen LogP contribution in [-0.2, 0) is 16.6 Å². The van der Waals surface area contributed by atoms with Crippen molar-refractivity contribution in [3.63, 3.8) is 0 Å². The number of hydrogen-bond acceptors (Lipinski definition) is 3. The number of sulfonamides is 1. The fourth-order valence-electron chi connectivity index (χ4n) is 3.35. The van der Waals surface area contributed by atoms with E-state index in [1.54, 1.807) is 4.90 Å². The highest BCUT2D eigenvalue weighted by Gasteiger charge is 2.26. The summed E-state index contributed by atoms with van der Waals surface area (Å²) in [7, 11) is -3.97. The first-order chi connectivity index (χ1) is 12.7. The Morgan fingerprint density at radius 3 is 2.52 bits per heavy atom. The Kier molecular flexibility index (Phi) is 5.86. The molecule has 1 fully saturated rings. The molecule has 3 N–H and O–H groups in total. The summed E-state index contributed by atoms with van der Waals surface area (Å²) in [5.41, 5.74) is 2.82. The number of quaternary nitrogens is 1. The van der Waals surface area contributed by atoms with Crippen LogP contribution in [0.15, 0.2) is 47.4 Å². The molecule has 3 rings (SSSR count). The summed E-state index contributed by atoms with van der Waals surface area (Å²) in [6.45, 7) is 5.93. The third-order valence-corrected chi connectivity index (χ3v) is 6.17. The van der Waals surface area contributed by atoms with Gasteiger partial charge in [-0.25, -0.2) is 13.6 Å². The van der Waals surface area contributed by atoms with Crippen molar-refractivity contribution in [2.45, 2.75) is 18.4 Å². The Balaban J connectivity index is 1.65. The van der Waals surface area contributed by atoms with E-state index < -0.39 is 10.0 Å². The maximum Gasteiger partial charge on any atom is 0.254 e. The molecule has 0 unspecified atom stereocenters. The van der Waals surface area contributed by atoms with Crippen LogP contribution in [0.4, 0.5) is 0 Å². The maximum absolute atomic E-state index is 12.7. The Bertz CT molecular complexity index is 954. The molecule has 2 aromatic carbocycles. The second kappa shape index (κ2) is 7.98. The highest BCUT2D eigenvalue weighted by Crippen LogP contribution is 2.22. The van der Waals surface area contributed by atoms with Gasteiger partial charge >= 0.3 is 0 Å². The van der Waals surface area contributed by atoms with Gasteiger partial charge in [0.15, 0.2) is 0 Å². The van der Waals surface area contributed by atoms with E-state index in [2.05, 4.69) is 31.2 Å². The Labute approximate surface area is 164 Å². The highest BCUT2D eigenvalue weighted by atomic mass is 35.5. The molecule has 0 atom stereocenters. The van der Waals surface area contributed by atoms with Crippen molar-refractivity contribution in [3.05, 3.63) is 64.2 Å². The molecule has 0 aliphatic carbocycles. The zero-order chi connectivity index (χ0) is 19.6. The lowest BCUT2D eigenvalue weighted by Crippen LogP contribution is -3.13. The molecule has 27 heavy (non-hydrogen) atoms. The molecule has 0 spiro atoms. The Morgan fingerprint density at radius 2 is 1.89 bits per heavy atom. The smallest absolute Gasteiger partial charge is 0.254 e. The van der Waals surface area contributed by atoms with Crippen molar-refractivity contribution < 1.29 is 18.1 Å². The molecule has 0 radical (unpaired) electrons. The monoisotopic (exact) mass is 408 g/mol. The first kappa shape index (κ1) is 19.8. The number of piperazine rings is 1. The molecule has 1 heterocycles. The molecule has 2 aromatic rings. The topological polar surface area (TPSA) is 84.9 Å². The molecule has 8 heteroatoms. The SMILES string of the molecule is Cc1cccc(C[NH+]2CCN(C(=O)c3ccc(Cl)c(S(N)(=O)=O)c3)CC2)c1. The minimum Gasteiger partial charge on any atom is -0.328 e. The second-order valence-corrected chi connectivity index (χ2v) is 8.84. The number of hydrogen-bond donors (Lipinski definition) is 2. The van der Waals surface area contributed by atoms with Gasteiger partial charge < -0.3 is 9.80 Å². The largest absolute Gasteiger partial charge is 0.328 e. The van der Waals surface area contributed by atoms with Gasteiger partial charge in [-0.05, 0) is 25.1 Å². The number of carbonyl (C=O) groups excluding carboxylic acids is 1. The summed E-state index contributed by atoms with van der Waals surface area (Å²) < 4.78 is 23.2. The fourth-order valence-corrected chi connectivity index (χ4v) is 4.42. The van der Waals surface area contributed by atoms with Crippen molar-refractivity contribution in [3.8, 4) is 0 Å². The molecule has 1 aliphatic heterocycles. The van der Waals surface area contributed by atoms with E-state index in [1.807, 2.05) is 0 Å². The lowest BCUT2D eigenvalue weighted by Gasteiger charge is -2.32. The van der Waals surface area contributed by atoms with E-state index in [4.69, 9.17) is 16.7 Å². The van der Waals surface area contributed by atoms with Gasteiger partial charge in [0.05, 0.1) is 31.2 Å². The minimum absolute atomic E-state index is 0.0152. The van der Waals surface area contributed by atoms with Crippen LogP contribution >= 0.6 is 11.6 Å². The Hall–Kier alpha value is -1.93. The summed E-state index contributed by atoms with van der Waals surface area (Å²) in [4.78, 5) is 15.7. The predicted octanol–water partition coefficient (Wildman–Crippen LogP) is 0.837. The Morgan fingerprint density at radius 1 is 1.19 bits per heavy atom. The van der Waals surface area contributed by atoms with Gasteiger partial charge in [-0.3, -0.25) is 4.79 Å². The van der Waals surface area contributed by atoms with E-state index >= 15 is 0 Å². The molecule has 0 aromatic heterocycles. The number of nitrogens with one attached hydrogen (secondary N) is 1. The zero-order valence-corrected chi connectivity index (χ0v) is 16.7. The summed E-state index contributed by atoms with van der Waals surface area (Å²) in [6, 6.07) is 12.6. The summed E-state index contributed by atoms with van der Waals surface area (Å²) in [5, 5.41) is 5.18. The number of benzene rings is 2. The first-order valence-electron chi connectivity index (χ1n) is 8.75. The molecular weight excluding hydrogens is 386 g/mol. The maximum atomic E-state index is 12.7. The van der Waals surface area contributed by atoms with Gasteiger partial charge in [-0.15, -0.1) is 0 Å². The van der Waals surface area contributed by atoms with Gasteiger partial charge in [0.2, 0.25) is 10.0 Å². The van der Waals surface area contributed by atoms with Crippen LogP contribution in [0.2, 0.25) is 5.02 Å². The van der Waals surface area contributed by atoms with E-state index in [-0.39, 0.29) is 21.4 Å². The molecule has 1 saturated heterocycles. The van der Waals surface area contributed by atoms with Crippen molar-refractivity contribution in [1.29, 1.82) is 0 Å². The lowest BCUT2D eigenvalue weighted by atomic mass is 10.1. The van der Waals surface area contributed by atoms with Gasteiger partial charge in [-0.1, -0.05) is 41.4 Å². The lowest BCUT2D eigenvalue weighted by molar-refractivity contribution is -0.917. The number of nitrogens with zero attached hydrogens (tertiary/aromatic N) is 1. The second-order valence-electron chi connectivity index (χ2n) is 6.90. The third kappa shape index (κ3) is 4.87. The summed E-state index contributed by atoms with van der Waals surface area (Å²) >= 11 is 5.89.